The number of hydrogen-bond acceptors (Lipinski definition) is 5. The standard InChI is InChI=1S/C16H23N5O3/c1-10(2)13(14-17-8-9-21(14)3)20-16(22)18-11-6-7-12(23-4)19-15(11)24-5/h6-10,13H,1-5H3,(H2,18,20,22)/t13-/m0/s1. The molecule has 2 heterocycles. The first-order chi connectivity index (χ1) is 11.5. The molecule has 8 nitrogen and oxygen atoms in total. The van der Waals surface area contributed by atoms with E-state index < -0.39 is 0 Å². The van der Waals surface area contributed by atoms with Gasteiger partial charge in [-0.1, -0.05) is 13.8 Å². The summed E-state index contributed by atoms with van der Waals surface area (Å²) in [6.07, 6.45) is 3.56. The van der Waals surface area contributed by atoms with E-state index in [4.69, 9.17) is 9.47 Å². The summed E-state index contributed by atoms with van der Waals surface area (Å²) in [7, 11) is 4.89. The van der Waals surface area contributed by atoms with E-state index >= 15 is 0 Å². The average Bonchev–Trinajstić information content (AvgIpc) is 2.98. The molecule has 130 valence electrons. The summed E-state index contributed by atoms with van der Waals surface area (Å²) in [5.74, 6) is 1.65. The third kappa shape index (κ3) is 3.95. The molecule has 0 fully saturated rings. The van der Waals surface area contributed by atoms with Gasteiger partial charge in [-0.3, -0.25) is 0 Å². The van der Waals surface area contributed by atoms with Crippen LogP contribution in [0, 0.1) is 5.92 Å². The molecule has 0 unspecified atom stereocenters. The minimum absolute atomic E-state index is 0.174. The van der Waals surface area contributed by atoms with Gasteiger partial charge in [-0.05, 0) is 12.0 Å². The number of aromatic nitrogens is 3. The summed E-state index contributed by atoms with van der Waals surface area (Å²) in [4.78, 5) is 20.8. The third-order valence-electron chi connectivity index (χ3n) is 3.58. The van der Waals surface area contributed by atoms with E-state index in [0.717, 1.165) is 5.82 Å². The number of imidazole rings is 1. The van der Waals surface area contributed by atoms with Gasteiger partial charge in [-0.15, -0.1) is 0 Å². The summed E-state index contributed by atoms with van der Waals surface area (Å²) < 4.78 is 12.1. The molecular formula is C16H23N5O3. The first-order valence-electron chi connectivity index (χ1n) is 7.60. The number of methoxy groups -OCH3 is 2. The van der Waals surface area contributed by atoms with Crippen molar-refractivity contribution in [3.05, 3.63) is 30.4 Å². The number of carbonyl (C=O) groups excluding carboxylic acids is 1. The molecule has 2 N–H and O–H groups in total. The van der Waals surface area contributed by atoms with Gasteiger partial charge in [0.05, 0.1) is 20.3 Å². The van der Waals surface area contributed by atoms with Crippen LogP contribution in [-0.2, 0) is 7.05 Å². The number of urea groups is 1. The van der Waals surface area contributed by atoms with Crippen LogP contribution in [-0.4, -0.2) is 34.8 Å². The van der Waals surface area contributed by atoms with Crippen molar-refractivity contribution in [3.8, 4) is 11.8 Å². The molecule has 1 atom stereocenters. The smallest absolute Gasteiger partial charge is 0.319 e. The van der Waals surface area contributed by atoms with Gasteiger partial charge in [-0.2, -0.15) is 4.98 Å². The number of ether oxygens (including phenoxy) is 2. The van der Waals surface area contributed by atoms with Crippen LogP contribution in [0.4, 0.5) is 10.5 Å². The molecule has 2 aromatic heterocycles. The van der Waals surface area contributed by atoms with E-state index in [1.54, 1.807) is 18.3 Å². The lowest BCUT2D eigenvalue weighted by atomic mass is 10.0. The van der Waals surface area contributed by atoms with E-state index in [9.17, 15) is 4.79 Å². The SMILES string of the molecule is COc1ccc(NC(=O)N[C@H](c2nccn2C)C(C)C)c(OC)n1. The third-order valence-corrected chi connectivity index (χ3v) is 3.58. The monoisotopic (exact) mass is 333 g/mol. The summed E-state index contributed by atoms with van der Waals surface area (Å²) in [5, 5.41) is 5.69. The zero-order valence-corrected chi connectivity index (χ0v) is 14.5. The van der Waals surface area contributed by atoms with Gasteiger partial charge in [0.15, 0.2) is 0 Å². The zero-order chi connectivity index (χ0) is 17.7. The molecular weight excluding hydrogens is 310 g/mol. The van der Waals surface area contributed by atoms with Crippen molar-refractivity contribution in [2.75, 3.05) is 19.5 Å². The van der Waals surface area contributed by atoms with Crippen LogP contribution in [0.15, 0.2) is 24.5 Å². The molecule has 0 aliphatic heterocycles. The molecule has 0 spiro atoms. The van der Waals surface area contributed by atoms with Gasteiger partial charge in [0.1, 0.15) is 11.5 Å². The van der Waals surface area contributed by atoms with E-state index in [1.807, 2.05) is 31.7 Å². The van der Waals surface area contributed by atoms with E-state index in [1.165, 1.54) is 14.2 Å². The number of anilines is 1. The molecule has 0 saturated carbocycles. The van der Waals surface area contributed by atoms with E-state index in [2.05, 4.69) is 20.6 Å². The summed E-state index contributed by atoms with van der Waals surface area (Å²) in [6, 6.07) is 2.75. The van der Waals surface area contributed by atoms with E-state index in [-0.39, 0.29) is 23.9 Å². The fraction of sp³-hybridized carbons (Fsp3) is 0.438. The number of aryl methyl sites for hydroxylation is 1. The summed E-state index contributed by atoms with van der Waals surface area (Å²) in [6.45, 7) is 4.05. The van der Waals surface area contributed by atoms with Gasteiger partial charge in [0.2, 0.25) is 11.8 Å². The Morgan fingerprint density at radius 3 is 2.54 bits per heavy atom. The Hall–Kier alpha value is -2.77. The lowest BCUT2D eigenvalue weighted by molar-refractivity contribution is 0.243. The van der Waals surface area contributed by atoms with Crippen molar-refractivity contribution in [1.82, 2.24) is 19.9 Å². The molecule has 2 aromatic rings. The predicted molar refractivity (Wildman–Crippen MR) is 90.3 cm³/mol. The van der Waals surface area contributed by atoms with Crippen LogP contribution in [0.3, 0.4) is 0 Å². The number of carbonyl (C=O) groups is 1. The molecule has 0 aromatic carbocycles. The fourth-order valence-electron chi connectivity index (χ4n) is 2.29. The van der Waals surface area contributed by atoms with Crippen LogP contribution in [0.2, 0.25) is 0 Å². The molecule has 8 heteroatoms. The van der Waals surface area contributed by atoms with Crippen LogP contribution in [0.5, 0.6) is 11.8 Å². The molecule has 0 radical (unpaired) electrons. The van der Waals surface area contributed by atoms with Crippen LogP contribution in [0.1, 0.15) is 25.7 Å². The highest BCUT2D eigenvalue weighted by atomic mass is 16.5. The largest absolute Gasteiger partial charge is 0.481 e. The highest BCUT2D eigenvalue weighted by Gasteiger charge is 2.22. The van der Waals surface area contributed by atoms with Gasteiger partial charge in [-0.25, -0.2) is 9.78 Å². The Kier molecular flexibility index (Phi) is 5.62. The van der Waals surface area contributed by atoms with Crippen LogP contribution >= 0.6 is 0 Å². The number of amides is 2. The lowest BCUT2D eigenvalue weighted by Crippen LogP contribution is -2.36. The Morgan fingerprint density at radius 1 is 1.25 bits per heavy atom. The summed E-state index contributed by atoms with van der Waals surface area (Å²) >= 11 is 0. The molecule has 2 amide bonds. The maximum atomic E-state index is 12.4. The first-order valence-corrected chi connectivity index (χ1v) is 7.60. The Balaban J connectivity index is 2.13. The zero-order valence-electron chi connectivity index (χ0n) is 14.5. The van der Waals surface area contributed by atoms with Crippen LogP contribution < -0.4 is 20.1 Å². The normalized spacial score (nSPS) is 11.9. The topological polar surface area (TPSA) is 90.3 Å². The molecule has 0 aliphatic carbocycles. The quantitative estimate of drug-likeness (QED) is 0.847. The molecule has 0 saturated heterocycles. The van der Waals surface area contributed by atoms with Crippen LogP contribution in [0.25, 0.3) is 0 Å². The number of hydrogen-bond donors (Lipinski definition) is 2. The number of rotatable bonds is 6. The highest BCUT2D eigenvalue weighted by molar-refractivity contribution is 5.90. The Morgan fingerprint density at radius 2 is 2.00 bits per heavy atom. The summed E-state index contributed by atoms with van der Waals surface area (Å²) in [5.41, 5.74) is 0.457. The van der Waals surface area contributed by atoms with E-state index in [0.29, 0.717) is 11.6 Å². The highest BCUT2D eigenvalue weighted by Crippen LogP contribution is 2.25. The number of pyridine rings is 1. The van der Waals surface area contributed by atoms with Gasteiger partial charge >= 0.3 is 6.03 Å². The lowest BCUT2D eigenvalue weighted by Gasteiger charge is -2.22. The molecule has 0 bridgehead atoms. The molecule has 24 heavy (non-hydrogen) atoms. The minimum atomic E-state index is -0.359. The van der Waals surface area contributed by atoms with Gasteiger partial charge in [0, 0.05) is 25.5 Å². The first kappa shape index (κ1) is 17.6. The number of nitrogens with one attached hydrogen (secondary N) is 2. The maximum absolute atomic E-state index is 12.4. The van der Waals surface area contributed by atoms with Crippen molar-refractivity contribution in [1.29, 1.82) is 0 Å². The Bertz CT molecular complexity index is 699. The average molecular weight is 333 g/mol. The second kappa shape index (κ2) is 7.67. The molecule has 0 aliphatic rings. The van der Waals surface area contributed by atoms with Crippen molar-refractivity contribution in [2.45, 2.75) is 19.9 Å². The molecule has 2 rings (SSSR count). The second-order valence-corrected chi connectivity index (χ2v) is 5.63. The fourth-order valence-corrected chi connectivity index (χ4v) is 2.29. The van der Waals surface area contributed by atoms with Crippen molar-refractivity contribution < 1.29 is 14.3 Å². The predicted octanol–water partition coefficient (Wildman–Crippen LogP) is 2.35. The number of nitrogens with zero attached hydrogens (tertiary/aromatic N) is 3. The van der Waals surface area contributed by atoms with Gasteiger partial charge in [0.25, 0.3) is 0 Å². The van der Waals surface area contributed by atoms with Crippen molar-refractivity contribution >= 4 is 11.7 Å². The van der Waals surface area contributed by atoms with Crippen molar-refractivity contribution in [2.24, 2.45) is 13.0 Å². The maximum Gasteiger partial charge on any atom is 0.319 e. The Labute approximate surface area is 141 Å². The second-order valence-electron chi connectivity index (χ2n) is 5.63. The van der Waals surface area contributed by atoms with Crippen molar-refractivity contribution in [3.63, 3.8) is 0 Å². The minimum Gasteiger partial charge on any atom is -0.481 e. The van der Waals surface area contributed by atoms with Gasteiger partial charge < -0.3 is 24.7 Å².